The quantitative estimate of drug-likeness (QED) is 0.657. The van der Waals surface area contributed by atoms with Gasteiger partial charge in [-0.2, -0.15) is 0 Å². The number of aliphatic hydroxyl groups is 1. The summed E-state index contributed by atoms with van der Waals surface area (Å²) in [5.41, 5.74) is 9.36. The van der Waals surface area contributed by atoms with Gasteiger partial charge in [0.05, 0.1) is 0 Å². The van der Waals surface area contributed by atoms with Crippen LogP contribution in [-0.4, -0.2) is 17.5 Å². The Kier molecular flexibility index (Phi) is 3.79. The molecule has 2 rings (SSSR count). The van der Waals surface area contributed by atoms with Crippen molar-refractivity contribution in [3.8, 4) is 10.4 Å². The minimum Gasteiger partial charge on any atom is -0.398 e. The Bertz CT molecular complexity index is 575. The van der Waals surface area contributed by atoms with Crippen LogP contribution in [0.5, 0.6) is 0 Å². The van der Waals surface area contributed by atoms with Gasteiger partial charge < -0.3 is 10.8 Å². The molecule has 2 aromatic rings. The lowest BCUT2D eigenvalue weighted by molar-refractivity contribution is 0.101. The predicted molar refractivity (Wildman–Crippen MR) is 75.0 cm³/mol. The first-order chi connectivity index (χ1) is 8.63. The van der Waals surface area contributed by atoms with E-state index in [1.165, 1.54) is 11.3 Å². The average Bonchev–Trinajstić information content (AvgIpc) is 2.81. The third-order valence-electron chi connectivity index (χ3n) is 2.85. The Morgan fingerprint density at radius 3 is 2.83 bits per heavy atom. The van der Waals surface area contributed by atoms with Crippen LogP contribution in [0.3, 0.4) is 0 Å². The second-order valence-electron chi connectivity index (χ2n) is 4.11. The minimum absolute atomic E-state index is 0.0579. The van der Waals surface area contributed by atoms with Crippen molar-refractivity contribution in [3.63, 3.8) is 0 Å². The molecular weight excluding hydrogens is 246 g/mol. The van der Waals surface area contributed by atoms with Crippen molar-refractivity contribution in [3.05, 3.63) is 40.8 Å². The Morgan fingerprint density at radius 1 is 1.44 bits per heavy atom. The van der Waals surface area contributed by atoms with Crippen LogP contribution in [0.1, 0.15) is 22.8 Å². The highest BCUT2D eigenvalue weighted by molar-refractivity contribution is 7.14. The van der Waals surface area contributed by atoms with Crippen molar-refractivity contribution in [2.75, 3.05) is 12.3 Å². The maximum atomic E-state index is 11.3. The first-order valence-electron chi connectivity index (χ1n) is 5.71. The van der Waals surface area contributed by atoms with Gasteiger partial charge in [-0.25, -0.2) is 0 Å². The van der Waals surface area contributed by atoms with Gasteiger partial charge in [0.25, 0.3) is 0 Å². The number of hydrogen-bond acceptors (Lipinski definition) is 4. The fourth-order valence-corrected chi connectivity index (χ4v) is 2.82. The summed E-state index contributed by atoms with van der Waals surface area (Å²) >= 11 is 1.51. The zero-order valence-electron chi connectivity index (χ0n) is 10.1. The van der Waals surface area contributed by atoms with Crippen LogP contribution in [0.2, 0.25) is 0 Å². The summed E-state index contributed by atoms with van der Waals surface area (Å²) in [6.45, 7) is 1.63. The number of nitrogens with two attached hydrogens (primary N) is 1. The van der Waals surface area contributed by atoms with Crippen molar-refractivity contribution < 1.29 is 9.90 Å². The number of ketones is 1. The number of thiophene rings is 1. The monoisotopic (exact) mass is 261 g/mol. The number of benzene rings is 1. The molecule has 3 nitrogen and oxygen atoms in total. The zero-order chi connectivity index (χ0) is 13.1. The van der Waals surface area contributed by atoms with Gasteiger partial charge in [-0.05, 0) is 25.0 Å². The average molecular weight is 261 g/mol. The van der Waals surface area contributed by atoms with Crippen LogP contribution >= 0.6 is 11.3 Å². The molecule has 0 aliphatic carbocycles. The van der Waals surface area contributed by atoms with Gasteiger partial charge in [0.1, 0.15) is 0 Å². The number of para-hydroxylation sites is 1. The smallest absolute Gasteiger partial charge is 0.160 e. The Balaban J connectivity index is 2.43. The van der Waals surface area contributed by atoms with E-state index in [1.54, 1.807) is 6.92 Å². The lowest BCUT2D eigenvalue weighted by Crippen LogP contribution is -1.99. The van der Waals surface area contributed by atoms with Crippen molar-refractivity contribution >= 4 is 22.8 Å². The SMILES string of the molecule is CC(=O)c1csc(-c2cccc(CCO)c2N)c1. The second kappa shape index (κ2) is 5.33. The molecular formula is C14H15NO2S. The van der Waals surface area contributed by atoms with Crippen molar-refractivity contribution in [2.45, 2.75) is 13.3 Å². The van der Waals surface area contributed by atoms with Crippen LogP contribution < -0.4 is 5.73 Å². The van der Waals surface area contributed by atoms with Gasteiger partial charge in [-0.15, -0.1) is 11.3 Å². The molecule has 1 heterocycles. The standard InChI is InChI=1S/C14H15NO2S/c1-9(17)11-7-13(18-8-11)12-4-2-3-10(5-6-16)14(12)15/h2-4,7-8,16H,5-6,15H2,1H3. The number of nitrogen functional groups attached to an aromatic ring is 1. The van der Waals surface area contributed by atoms with E-state index in [0.29, 0.717) is 17.7 Å². The maximum absolute atomic E-state index is 11.3. The number of carbonyl (C=O) groups is 1. The lowest BCUT2D eigenvalue weighted by atomic mass is 10.0. The minimum atomic E-state index is 0.0579. The van der Waals surface area contributed by atoms with Crippen LogP contribution in [0.25, 0.3) is 10.4 Å². The molecule has 0 spiro atoms. The lowest BCUT2D eigenvalue weighted by Gasteiger charge is -2.08. The van der Waals surface area contributed by atoms with Crippen LogP contribution in [0.15, 0.2) is 29.6 Å². The van der Waals surface area contributed by atoms with E-state index in [0.717, 1.165) is 16.0 Å². The summed E-state index contributed by atoms with van der Waals surface area (Å²) in [4.78, 5) is 12.3. The van der Waals surface area contributed by atoms with Crippen molar-refractivity contribution in [1.82, 2.24) is 0 Å². The number of anilines is 1. The third kappa shape index (κ3) is 2.44. The Labute approximate surface area is 110 Å². The summed E-state index contributed by atoms with van der Waals surface area (Å²) in [5.74, 6) is 0.0579. The summed E-state index contributed by atoms with van der Waals surface area (Å²) in [6, 6.07) is 7.63. The summed E-state index contributed by atoms with van der Waals surface area (Å²) in [6.07, 6.45) is 0.546. The summed E-state index contributed by atoms with van der Waals surface area (Å²) in [7, 11) is 0. The number of rotatable bonds is 4. The van der Waals surface area contributed by atoms with E-state index in [2.05, 4.69) is 0 Å². The number of hydrogen-bond donors (Lipinski definition) is 2. The highest BCUT2D eigenvalue weighted by Crippen LogP contribution is 2.33. The summed E-state index contributed by atoms with van der Waals surface area (Å²) in [5, 5.41) is 10.8. The molecule has 0 saturated carbocycles. The number of aliphatic hydroxyl groups excluding tert-OH is 1. The van der Waals surface area contributed by atoms with Gasteiger partial charge >= 0.3 is 0 Å². The zero-order valence-corrected chi connectivity index (χ0v) is 11.0. The first kappa shape index (κ1) is 12.8. The molecule has 1 aromatic heterocycles. The molecule has 0 amide bonds. The van der Waals surface area contributed by atoms with Gasteiger partial charge in [0, 0.05) is 33.7 Å². The molecule has 0 aliphatic rings. The van der Waals surface area contributed by atoms with Crippen LogP contribution in [0.4, 0.5) is 5.69 Å². The van der Waals surface area contributed by atoms with E-state index in [1.807, 2.05) is 29.6 Å². The van der Waals surface area contributed by atoms with Crippen LogP contribution in [-0.2, 0) is 6.42 Å². The number of Topliss-reactive ketones (excluding diaryl/α,β-unsaturated/α-hetero) is 1. The highest BCUT2D eigenvalue weighted by atomic mass is 32.1. The Hall–Kier alpha value is -1.65. The van der Waals surface area contributed by atoms with E-state index >= 15 is 0 Å². The second-order valence-corrected chi connectivity index (χ2v) is 5.02. The molecule has 1 aromatic carbocycles. The molecule has 94 valence electrons. The van der Waals surface area contributed by atoms with E-state index in [9.17, 15) is 4.79 Å². The van der Waals surface area contributed by atoms with Gasteiger partial charge in [0.15, 0.2) is 5.78 Å². The van der Waals surface area contributed by atoms with Crippen molar-refractivity contribution in [2.24, 2.45) is 0 Å². The topological polar surface area (TPSA) is 63.3 Å². The fraction of sp³-hybridized carbons (Fsp3) is 0.214. The fourth-order valence-electron chi connectivity index (χ4n) is 1.83. The molecule has 0 atom stereocenters. The molecule has 0 fully saturated rings. The van der Waals surface area contributed by atoms with Gasteiger partial charge in [-0.1, -0.05) is 18.2 Å². The molecule has 18 heavy (non-hydrogen) atoms. The Morgan fingerprint density at radius 2 is 2.22 bits per heavy atom. The molecule has 0 saturated heterocycles. The van der Waals surface area contributed by atoms with Crippen LogP contribution in [0, 0.1) is 0 Å². The molecule has 0 aliphatic heterocycles. The molecule has 4 heteroatoms. The van der Waals surface area contributed by atoms with Gasteiger partial charge in [-0.3, -0.25) is 4.79 Å². The normalized spacial score (nSPS) is 10.6. The highest BCUT2D eigenvalue weighted by Gasteiger charge is 2.10. The number of carbonyl (C=O) groups excluding carboxylic acids is 1. The predicted octanol–water partition coefficient (Wildman–Crippen LogP) is 2.73. The molecule has 0 bridgehead atoms. The van der Waals surface area contributed by atoms with E-state index < -0.39 is 0 Å². The molecule has 3 N–H and O–H groups in total. The largest absolute Gasteiger partial charge is 0.398 e. The molecule has 0 unspecified atom stereocenters. The third-order valence-corrected chi connectivity index (χ3v) is 3.81. The summed E-state index contributed by atoms with van der Waals surface area (Å²) < 4.78 is 0. The maximum Gasteiger partial charge on any atom is 0.160 e. The van der Waals surface area contributed by atoms with Crippen molar-refractivity contribution in [1.29, 1.82) is 0 Å². The first-order valence-corrected chi connectivity index (χ1v) is 6.59. The van der Waals surface area contributed by atoms with E-state index in [4.69, 9.17) is 10.8 Å². The van der Waals surface area contributed by atoms with E-state index in [-0.39, 0.29) is 12.4 Å². The van der Waals surface area contributed by atoms with Gasteiger partial charge in [0.2, 0.25) is 0 Å². The molecule has 0 radical (unpaired) electrons.